The van der Waals surface area contributed by atoms with E-state index in [0.29, 0.717) is 17.5 Å². The summed E-state index contributed by atoms with van der Waals surface area (Å²) in [6, 6.07) is 6.77. The third-order valence-corrected chi connectivity index (χ3v) is 5.99. The molecule has 0 radical (unpaired) electrons. The van der Waals surface area contributed by atoms with Crippen molar-refractivity contribution in [2.75, 3.05) is 0 Å². The molecule has 2 N–H and O–H groups in total. The van der Waals surface area contributed by atoms with Crippen molar-refractivity contribution in [3.05, 3.63) is 78.0 Å². The van der Waals surface area contributed by atoms with E-state index in [9.17, 15) is 22.8 Å². The van der Waals surface area contributed by atoms with Gasteiger partial charge in [-0.1, -0.05) is 26.0 Å². The summed E-state index contributed by atoms with van der Waals surface area (Å²) >= 11 is 0. The molecule has 0 saturated heterocycles. The van der Waals surface area contributed by atoms with E-state index in [-0.39, 0.29) is 23.4 Å². The van der Waals surface area contributed by atoms with Crippen molar-refractivity contribution in [2.45, 2.75) is 39.0 Å². The average molecular weight is 515 g/mol. The fourth-order valence-corrected chi connectivity index (χ4v) is 4.32. The van der Waals surface area contributed by atoms with E-state index in [1.807, 2.05) is 0 Å². The number of ether oxygens (including phenoxy) is 1. The summed E-state index contributed by atoms with van der Waals surface area (Å²) in [6.45, 7) is 4.33. The summed E-state index contributed by atoms with van der Waals surface area (Å²) in [5.74, 6) is -1.14. The largest absolute Gasteiger partial charge is 0.482 e. The Morgan fingerprint density at radius 3 is 2.35 bits per heavy atom. The van der Waals surface area contributed by atoms with Crippen LogP contribution >= 0.6 is 0 Å². The Morgan fingerprint density at radius 2 is 1.81 bits per heavy atom. The average Bonchev–Trinajstić information content (AvgIpc) is 3.32. The molecule has 2 aromatic heterocycles. The second-order valence-electron chi connectivity index (χ2n) is 9.53. The summed E-state index contributed by atoms with van der Waals surface area (Å²) < 4.78 is 45.7. The molecule has 0 aliphatic heterocycles. The van der Waals surface area contributed by atoms with Gasteiger partial charge in [0, 0.05) is 30.0 Å². The number of carboxylic acid groups (broad SMARTS) is 1. The number of hydrogen-bond donors (Lipinski definition) is 2. The van der Waals surface area contributed by atoms with E-state index in [1.54, 1.807) is 24.3 Å². The topological polar surface area (TPSA) is 119 Å². The molecule has 1 atom stereocenters. The van der Waals surface area contributed by atoms with Crippen LogP contribution in [0.1, 0.15) is 54.3 Å². The number of carbonyl (C=O) groups is 2. The van der Waals surface area contributed by atoms with Crippen LogP contribution in [0.2, 0.25) is 0 Å². The minimum Gasteiger partial charge on any atom is -0.482 e. The molecule has 0 spiro atoms. The quantitative estimate of drug-likeness (QED) is 0.422. The predicted octanol–water partition coefficient (Wildman–Crippen LogP) is 4.57. The van der Waals surface area contributed by atoms with Crippen LogP contribution < -0.4 is 10.1 Å². The Morgan fingerprint density at radius 1 is 1.16 bits per heavy atom. The van der Waals surface area contributed by atoms with E-state index in [2.05, 4.69) is 34.2 Å². The maximum Gasteiger partial charge on any atom is 0.419 e. The van der Waals surface area contributed by atoms with Gasteiger partial charge in [0.1, 0.15) is 6.10 Å². The molecular formula is C25H24F3N5O4. The first-order valence-electron chi connectivity index (χ1n) is 11.3. The highest BCUT2D eigenvalue weighted by Crippen LogP contribution is 2.51. The number of halogens is 3. The first-order valence-corrected chi connectivity index (χ1v) is 11.3. The van der Waals surface area contributed by atoms with Crippen LogP contribution in [-0.4, -0.2) is 36.7 Å². The zero-order chi connectivity index (χ0) is 26.8. The third kappa shape index (κ3) is 6.32. The number of aliphatic carboxylic acids is 1. The smallest absolute Gasteiger partial charge is 0.419 e. The number of benzene rings is 1. The van der Waals surface area contributed by atoms with Crippen LogP contribution in [0.25, 0.3) is 5.95 Å². The normalized spacial score (nSPS) is 16.2. The predicted molar refractivity (Wildman–Crippen MR) is 125 cm³/mol. The molecule has 1 unspecified atom stereocenters. The first-order chi connectivity index (χ1) is 17.4. The molecule has 1 aliphatic carbocycles. The maximum absolute atomic E-state index is 12.8. The van der Waals surface area contributed by atoms with Crippen LogP contribution in [-0.2, 0) is 11.0 Å². The van der Waals surface area contributed by atoms with Crippen molar-refractivity contribution < 1.29 is 32.6 Å². The molecule has 4 rings (SSSR count). The number of aromatic nitrogens is 4. The maximum atomic E-state index is 12.8. The molecule has 1 aromatic carbocycles. The Kier molecular flexibility index (Phi) is 7.01. The van der Waals surface area contributed by atoms with Crippen molar-refractivity contribution in [3.8, 4) is 11.7 Å². The molecule has 2 heterocycles. The summed E-state index contributed by atoms with van der Waals surface area (Å²) in [5, 5.41) is 14.7. The molecule has 3 aromatic rings. The SMILES string of the molecule is CC1(C)CC(C(Oc2cnc(-n3cc(C(F)(F)F)cn3)nc2)c2ccc(C(=O)NC=CC(=O)O)cc2)C1. The van der Waals surface area contributed by atoms with Gasteiger partial charge in [-0.2, -0.15) is 18.3 Å². The van der Waals surface area contributed by atoms with Gasteiger partial charge in [0.2, 0.25) is 0 Å². The van der Waals surface area contributed by atoms with Gasteiger partial charge in [0.25, 0.3) is 11.9 Å². The van der Waals surface area contributed by atoms with Gasteiger partial charge in [-0.25, -0.2) is 19.4 Å². The van der Waals surface area contributed by atoms with E-state index < -0.39 is 23.6 Å². The van der Waals surface area contributed by atoms with Crippen LogP contribution in [0, 0.1) is 11.3 Å². The number of carboxylic acids is 1. The fourth-order valence-electron chi connectivity index (χ4n) is 4.32. The van der Waals surface area contributed by atoms with Gasteiger partial charge >= 0.3 is 12.1 Å². The number of hydrogen-bond acceptors (Lipinski definition) is 6. The Balaban J connectivity index is 1.50. The van der Waals surface area contributed by atoms with Crippen molar-refractivity contribution in [2.24, 2.45) is 11.3 Å². The van der Waals surface area contributed by atoms with E-state index in [1.165, 1.54) is 12.4 Å². The van der Waals surface area contributed by atoms with Crippen molar-refractivity contribution in [1.29, 1.82) is 0 Å². The summed E-state index contributed by atoms with van der Waals surface area (Å²) in [5.41, 5.74) is 0.430. The molecule has 1 saturated carbocycles. The monoisotopic (exact) mass is 515 g/mol. The number of alkyl halides is 3. The minimum atomic E-state index is -4.52. The van der Waals surface area contributed by atoms with Gasteiger partial charge in [0.15, 0.2) is 5.75 Å². The lowest BCUT2D eigenvalue weighted by Crippen LogP contribution is -2.37. The van der Waals surface area contributed by atoms with Gasteiger partial charge in [0.05, 0.1) is 24.2 Å². The van der Waals surface area contributed by atoms with E-state index in [0.717, 1.165) is 41.6 Å². The lowest BCUT2D eigenvalue weighted by Gasteiger charge is -2.46. The second-order valence-corrected chi connectivity index (χ2v) is 9.53. The van der Waals surface area contributed by atoms with Crippen molar-refractivity contribution in [1.82, 2.24) is 25.1 Å². The molecule has 1 aliphatic rings. The van der Waals surface area contributed by atoms with Crippen LogP contribution in [0.4, 0.5) is 13.2 Å². The lowest BCUT2D eigenvalue weighted by molar-refractivity contribution is -0.137. The number of amides is 1. The standard InChI is InChI=1S/C25H24F3N5O4/c1-24(2)9-17(10-24)21(15-3-5-16(6-4-15)22(36)29-8-7-20(34)35)37-19-12-30-23(31-13-19)33-14-18(11-32-33)25(26,27)28/h3-8,11-14,17,21H,9-10H2,1-2H3,(H,29,36)(H,34,35). The van der Waals surface area contributed by atoms with Gasteiger partial charge in [-0.3, -0.25) is 4.79 Å². The Hall–Kier alpha value is -4.22. The zero-order valence-corrected chi connectivity index (χ0v) is 19.9. The van der Waals surface area contributed by atoms with Crippen LogP contribution in [0.5, 0.6) is 5.75 Å². The number of nitrogens with zero attached hydrogens (tertiary/aromatic N) is 4. The Labute approximate surface area is 210 Å². The fraction of sp³-hybridized carbons (Fsp3) is 0.320. The Bertz CT molecular complexity index is 1290. The van der Waals surface area contributed by atoms with E-state index >= 15 is 0 Å². The molecule has 9 nitrogen and oxygen atoms in total. The van der Waals surface area contributed by atoms with E-state index in [4.69, 9.17) is 9.84 Å². The lowest BCUT2D eigenvalue weighted by atomic mass is 9.62. The number of rotatable bonds is 8. The van der Waals surface area contributed by atoms with Crippen molar-refractivity contribution >= 4 is 11.9 Å². The summed E-state index contributed by atoms with van der Waals surface area (Å²) in [7, 11) is 0. The molecule has 194 valence electrons. The molecule has 12 heteroatoms. The van der Waals surface area contributed by atoms with Gasteiger partial charge in [-0.15, -0.1) is 0 Å². The minimum absolute atomic E-state index is 0.0310. The third-order valence-electron chi connectivity index (χ3n) is 5.99. The highest BCUT2D eigenvalue weighted by Gasteiger charge is 2.42. The highest BCUT2D eigenvalue weighted by molar-refractivity contribution is 5.95. The highest BCUT2D eigenvalue weighted by atomic mass is 19.4. The van der Waals surface area contributed by atoms with Crippen LogP contribution in [0.3, 0.4) is 0 Å². The first kappa shape index (κ1) is 25.9. The number of nitrogens with one attached hydrogen (secondary N) is 1. The van der Waals surface area contributed by atoms with Gasteiger partial charge in [-0.05, 0) is 36.0 Å². The molecule has 37 heavy (non-hydrogen) atoms. The second kappa shape index (κ2) is 10.0. The molecular weight excluding hydrogens is 491 g/mol. The zero-order valence-electron chi connectivity index (χ0n) is 19.9. The van der Waals surface area contributed by atoms with Crippen molar-refractivity contribution in [3.63, 3.8) is 0 Å². The van der Waals surface area contributed by atoms with Crippen LogP contribution in [0.15, 0.2) is 61.3 Å². The van der Waals surface area contributed by atoms with Gasteiger partial charge < -0.3 is 15.2 Å². The summed E-state index contributed by atoms with van der Waals surface area (Å²) in [6.07, 6.45) is 3.08. The molecule has 1 amide bonds. The number of carbonyl (C=O) groups excluding carboxylic acids is 1. The molecule has 0 bridgehead atoms. The molecule has 1 fully saturated rings. The summed E-state index contributed by atoms with van der Waals surface area (Å²) in [4.78, 5) is 31.0.